The maximum Gasteiger partial charge on any atom is 0.416 e. The molecule has 1 atom stereocenters. The molecule has 9 heteroatoms. The van der Waals surface area contributed by atoms with Crippen LogP contribution in [0, 0.1) is 0 Å². The lowest BCUT2D eigenvalue weighted by atomic mass is 10.1. The van der Waals surface area contributed by atoms with Crippen LogP contribution in [-0.2, 0) is 32.8 Å². The second kappa shape index (κ2) is 6.10. The molecule has 17 heavy (non-hydrogen) atoms. The number of hydrogen-bond donors (Lipinski definition) is 0. The van der Waals surface area contributed by atoms with Crippen molar-refractivity contribution in [1.29, 1.82) is 0 Å². The van der Waals surface area contributed by atoms with Crippen LogP contribution in [0.25, 0.3) is 0 Å². The van der Waals surface area contributed by atoms with Gasteiger partial charge in [0, 0.05) is 0 Å². The minimum Gasteiger partial charge on any atom is -0.245 e. The van der Waals surface area contributed by atoms with Crippen LogP contribution >= 0.6 is 0 Å². The van der Waals surface area contributed by atoms with Crippen LogP contribution in [0.4, 0.5) is 0 Å². The molecule has 0 bridgehead atoms. The van der Waals surface area contributed by atoms with Gasteiger partial charge in [-0.25, -0.2) is 8.37 Å². The van der Waals surface area contributed by atoms with Gasteiger partial charge in [-0.3, -0.25) is 0 Å². The van der Waals surface area contributed by atoms with E-state index in [0.717, 1.165) is 25.7 Å². The number of hydrogen-bond acceptors (Lipinski definition) is 7. The Bertz CT molecular complexity index is 425. The highest BCUT2D eigenvalue weighted by Crippen LogP contribution is 2.18. The molecule has 1 aliphatic heterocycles. The Kier molecular flexibility index (Phi) is 5.32. The Morgan fingerprint density at radius 2 is 1.76 bits per heavy atom. The standard InChI is InChI=1S/C8H16O7S2/c1-2-3-4-5-6-8-7-13-16(9,10)15-17(11,12)14-8/h8H,2-7H2,1H3. The summed E-state index contributed by atoms with van der Waals surface area (Å²) in [5.74, 6) is 0. The fraction of sp³-hybridized carbons (Fsp3) is 1.00. The van der Waals surface area contributed by atoms with Gasteiger partial charge in [-0.2, -0.15) is 16.8 Å². The highest BCUT2D eigenvalue weighted by Gasteiger charge is 2.33. The third-order valence-corrected chi connectivity index (χ3v) is 4.46. The Labute approximate surface area is 102 Å². The Morgan fingerprint density at radius 3 is 2.41 bits per heavy atom. The molecule has 0 aromatic carbocycles. The van der Waals surface area contributed by atoms with E-state index in [9.17, 15) is 16.8 Å². The lowest BCUT2D eigenvalue weighted by Gasteiger charge is -2.10. The fourth-order valence-corrected chi connectivity index (χ4v) is 3.33. The smallest absolute Gasteiger partial charge is 0.245 e. The van der Waals surface area contributed by atoms with Crippen molar-refractivity contribution in [3.63, 3.8) is 0 Å². The topological polar surface area (TPSA) is 96.0 Å². The molecule has 1 fully saturated rings. The summed E-state index contributed by atoms with van der Waals surface area (Å²) < 4.78 is 56.6. The summed E-state index contributed by atoms with van der Waals surface area (Å²) in [4.78, 5) is 0. The molecule has 7 nitrogen and oxygen atoms in total. The van der Waals surface area contributed by atoms with Gasteiger partial charge in [0.25, 0.3) is 0 Å². The quantitative estimate of drug-likeness (QED) is 0.693. The minimum atomic E-state index is -4.53. The first-order valence-corrected chi connectivity index (χ1v) is 8.05. The summed E-state index contributed by atoms with van der Waals surface area (Å²) in [6.07, 6.45) is 3.38. The fourth-order valence-electron chi connectivity index (χ4n) is 1.42. The van der Waals surface area contributed by atoms with Gasteiger partial charge < -0.3 is 0 Å². The van der Waals surface area contributed by atoms with Crippen LogP contribution in [0.2, 0.25) is 0 Å². The monoisotopic (exact) mass is 288 g/mol. The molecule has 0 spiro atoms. The molecular weight excluding hydrogens is 272 g/mol. The van der Waals surface area contributed by atoms with Crippen molar-refractivity contribution in [2.45, 2.75) is 45.1 Å². The van der Waals surface area contributed by atoms with Gasteiger partial charge in [0.2, 0.25) is 0 Å². The highest BCUT2D eigenvalue weighted by molar-refractivity contribution is 7.95. The molecule has 0 aliphatic carbocycles. The molecule has 1 aliphatic rings. The van der Waals surface area contributed by atoms with Gasteiger partial charge in [-0.15, -0.1) is 3.63 Å². The van der Waals surface area contributed by atoms with Gasteiger partial charge in [-0.05, 0) is 6.42 Å². The minimum absolute atomic E-state index is 0.340. The average molecular weight is 288 g/mol. The molecule has 0 radical (unpaired) electrons. The van der Waals surface area contributed by atoms with Crippen LogP contribution in [-0.4, -0.2) is 29.5 Å². The van der Waals surface area contributed by atoms with Crippen LogP contribution < -0.4 is 0 Å². The predicted molar refractivity (Wildman–Crippen MR) is 58.5 cm³/mol. The van der Waals surface area contributed by atoms with Crippen molar-refractivity contribution in [2.24, 2.45) is 0 Å². The second-order valence-corrected chi connectivity index (χ2v) is 6.34. The van der Waals surface area contributed by atoms with E-state index < -0.39 is 26.9 Å². The molecule has 0 aromatic heterocycles. The molecule has 1 saturated heterocycles. The number of rotatable bonds is 5. The van der Waals surface area contributed by atoms with Crippen LogP contribution in [0.15, 0.2) is 0 Å². The highest BCUT2D eigenvalue weighted by atomic mass is 32.3. The first-order chi connectivity index (χ1) is 7.85. The van der Waals surface area contributed by atoms with Gasteiger partial charge in [0.1, 0.15) is 6.10 Å². The van der Waals surface area contributed by atoms with E-state index in [1.807, 2.05) is 0 Å². The van der Waals surface area contributed by atoms with E-state index in [-0.39, 0.29) is 6.61 Å². The molecule has 0 N–H and O–H groups in total. The molecule has 0 aromatic rings. The Balaban J connectivity index is 2.52. The molecule has 0 saturated carbocycles. The lowest BCUT2D eigenvalue weighted by Crippen LogP contribution is -2.20. The summed E-state index contributed by atoms with van der Waals surface area (Å²) in [6, 6.07) is 0. The van der Waals surface area contributed by atoms with Crippen molar-refractivity contribution < 1.29 is 28.8 Å². The van der Waals surface area contributed by atoms with E-state index in [0.29, 0.717) is 6.42 Å². The zero-order valence-corrected chi connectivity index (χ0v) is 11.1. The van der Waals surface area contributed by atoms with Crippen LogP contribution in [0.1, 0.15) is 39.0 Å². The summed E-state index contributed by atoms with van der Waals surface area (Å²) in [6.45, 7) is 1.71. The zero-order chi connectivity index (χ0) is 12.9. The second-order valence-electron chi connectivity index (χ2n) is 3.74. The lowest BCUT2D eigenvalue weighted by molar-refractivity contribution is 0.134. The first kappa shape index (κ1) is 14.8. The third-order valence-electron chi connectivity index (χ3n) is 2.20. The molecule has 1 heterocycles. The van der Waals surface area contributed by atoms with Crippen LogP contribution in [0.5, 0.6) is 0 Å². The summed E-state index contributed by atoms with van der Waals surface area (Å²) in [5.41, 5.74) is 0. The third kappa shape index (κ3) is 5.77. The SMILES string of the molecule is CCCCCCC1COS(=O)(=O)OS(=O)(=O)O1. The van der Waals surface area contributed by atoms with Gasteiger partial charge >= 0.3 is 20.8 Å². The van der Waals surface area contributed by atoms with E-state index >= 15 is 0 Å². The maximum atomic E-state index is 11.1. The molecule has 0 amide bonds. The van der Waals surface area contributed by atoms with Crippen molar-refractivity contribution in [3.8, 4) is 0 Å². The van der Waals surface area contributed by atoms with E-state index in [4.69, 9.17) is 0 Å². The normalized spacial score (nSPS) is 27.5. The number of unbranched alkanes of at least 4 members (excludes halogenated alkanes) is 3. The maximum absolute atomic E-state index is 11.1. The van der Waals surface area contributed by atoms with Crippen LogP contribution in [0.3, 0.4) is 0 Å². The van der Waals surface area contributed by atoms with E-state index in [1.54, 1.807) is 0 Å². The largest absolute Gasteiger partial charge is 0.416 e. The molecular formula is C8H16O7S2. The Morgan fingerprint density at radius 1 is 1.06 bits per heavy atom. The molecule has 102 valence electrons. The van der Waals surface area contributed by atoms with Crippen molar-refractivity contribution >= 4 is 20.8 Å². The average Bonchev–Trinajstić information content (AvgIpc) is 2.28. The van der Waals surface area contributed by atoms with Gasteiger partial charge in [0.05, 0.1) is 6.61 Å². The van der Waals surface area contributed by atoms with Crippen molar-refractivity contribution in [3.05, 3.63) is 0 Å². The summed E-state index contributed by atoms with van der Waals surface area (Å²) >= 11 is 0. The van der Waals surface area contributed by atoms with Crippen molar-refractivity contribution in [1.82, 2.24) is 0 Å². The molecule has 1 unspecified atom stereocenters. The first-order valence-electron chi connectivity index (χ1n) is 5.38. The van der Waals surface area contributed by atoms with Gasteiger partial charge in [-0.1, -0.05) is 32.6 Å². The predicted octanol–water partition coefficient (Wildman–Crippen LogP) is 0.878. The molecule has 1 rings (SSSR count). The van der Waals surface area contributed by atoms with E-state index in [2.05, 4.69) is 18.9 Å². The van der Waals surface area contributed by atoms with E-state index in [1.165, 1.54) is 0 Å². The summed E-state index contributed by atoms with van der Waals surface area (Å²) in [5, 5.41) is 0. The van der Waals surface area contributed by atoms with Gasteiger partial charge in [0.15, 0.2) is 0 Å². The summed E-state index contributed by atoms with van der Waals surface area (Å²) in [7, 11) is -9.04. The Hall–Kier alpha value is -0.220. The zero-order valence-electron chi connectivity index (χ0n) is 9.49. The van der Waals surface area contributed by atoms with Crippen molar-refractivity contribution in [2.75, 3.05) is 6.61 Å².